The number of rotatable bonds is 3. The molecule has 3 heteroatoms. The van der Waals surface area contributed by atoms with Gasteiger partial charge in [0, 0.05) is 12.6 Å². The van der Waals surface area contributed by atoms with E-state index in [9.17, 15) is 0 Å². The van der Waals surface area contributed by atoms with Crippen LogP contribution in [-0.2, 0) is 4.74 Å². The molecule has 0 aromatic carbocycles. The second-order valence-electron chi connectivity index (χ2n) is 3.97. The molecule has 70 valence electrons. The van der Waals surface area contributed by atoms with E-state index in [1.807, 2.05) is 0 Å². The maximum atomic E-state index is 9.08. The highest BCUT2D eigenvalue weighted by Gasteiger charge is 2.40. The number of aliphatic hydroxyl groups is 1. The van der Waals surface area contributed by atoms with Crippen molar-refractivity contribution in [1.82, 2.24) is 5.32 Å². The topological polar surface area (TPSA) is 41.5 Å². The van der Waals surface area contributed by atoms with E-state index in [1.165, 1.54) is 12.8 Å². The van der Waals surface area contributed by atoms with Crippen molar-refractivity contribution in [2.45, 2.75) is 50.5 Å². The first kappa shape index (κ1) is 8.48. The molecule has 3 unspecified atom stereocenters. The fourth-order valence-electron chi connectivity index (χ4n) is 2.17. The highest BCUT2D eigenvalue weighted by molar-refractivity contribution is 4.93. The van der Waals surface area contributed by atoms with E-state index in [0.29, 0.717) is 24.8 Å². The molecule has 0 spiro atoms. The maximum Gasteiger partial charge on any atom is 0.0733 e. The number of aliphatic hydroxyl groups excluding tert-OH is 1. The van der Waals surface area contributed by atoms with Crippen LogP contribution < -0.4 is 5.32 Å². The summed E-state index contributed by atoms with van der Waals surface area (Å²) >= 11 is 0. The van der Waals surface area contributed by atoms with Gasteiger partial charge in [0.2, 0.25) is 0 Å². The van der Waals surface area contributed by atoms with E-state index in [0.717, 1.165) is 6.42 Å². The largest absolute Gasteiger partial charge is 0.392 e. The van der Waals surface area contributed by atoms with Crippen molar-refractivity contribution >= 4 is 0 Å². The molecule has 12 heavy (non-hydrogen) atoms. The minimum atomic E-state index is -0.246. The summed E-state index contributed by atoms with van der Waals surface area (Å²) in [6.45, 7) is 2.50. The second kappa shape index (κ2) is 3.32. The summed E-state index contributed by atoms with van der Waals surface area (Å²) in [6, 6.07) is 0.498. The van der Waals surface area contributed by atoms with Crippen molar-refractivity contribution in [3.63, 3.8) is 0 Å². The van der Waals surface area contributed by atoms with Crippen molar-refractivity contribution in [2.24, 2.45) is 0 Å². The van der Waals surface area contributed by atoms with Gasteiger partial charge in [0.1, 0.15) is 0 Å². The molecule has 0 aromatic rings. The van der Waals surface area contributed by atoms with E-state index in [-0.39, 0.29) is 6.10 Å². The van der Waals surface area contributed by atoms with E-state index in [2.05, 4.69) is 5.32 Å². The van der Waals surface area contributed by atoms with Crippen LogP contribution in [0.4, 0.5) is 0 Å². The lowest BCUT2D eigenvalue weighted by molar-refractivity contribution is 0.0950. The fraction of sp³-hybridized carbons (Fsp3) is 1.00. The van der Waals surface area contributed by atoms with E-state index >= 15 is 0 Å². The summed E-state index contributed by atoms with van der Waals surface area (Å²) in [6.07, 6.45) is 4.25. The number of fused-ring (bicyclic) bond motifs is 2. The van der Waals surface area contributed by atoms with Gasteiger partial charge in [-0.15, -0.1) is 0 Å². The Hall–Kier alpha value is -0.120. The van der Waals surface area contributed by atoms with Gasteiger partial charge in [-0.05, 0) is 26.2 Å². The van der Waals surface area contributed by atoms with Crippen LogP contribution in [0.5, 0.6) is 0 Å². The highest BCUT2D eigenvalue weighted by atomic mass is 16.5. The molecule has 0 aromatic heterocycles. The summed E-state index contributed by atoms with van der Waals surface area (Å²) in [5.41, 5.74) is 0. The average Bonchev–Trinajstić information content (AvgIpc) is 2.60. The van der Waals surface area contributed by atoms with Crippen LogP contribution in [-0.4, -0.2) is 36.0 Å². The molecule has 0 radical (unpaired) electrons. The van der Waals surface area contributed by atoms with Gasteiger partial charge in [-0.2, -0.15) is 0 Å². The van der Waals surface area contributed by atoms with Crippen LogP contribution in [0.15, 0.2) is 0 Å². The van der Waals surface area contributed by atoms with Gasteiger partial charge in [0.25, 0.3) is 0 Å². The molecule has 0 amide bonds. The molecule has 2 fully saturated rings. The van der Waals surface area contributed by atoms with Crippen molar-refractivity contribution in [3.05, 3.63) is 0 Å². The van der Waals surface area contributed by atoms with Crippen LogP contribution in [0.3, 0.4) is 0 Å². The average molecular weight is 171 g/mol. The summed E-state index contributed by atoms with van der Waals surface area (Å²) < 4.78 is 5.67. The number of hydrogen-bond donors (Lipinski definition) is 2. The van der Waals surface area contributed by atoms with Crippen LogP contribution in [0.25, 0.3) is 0 Å². The molecule has 2 bridgehead atoms. The predicted molar refractivity (Wildman–Crippen MR) is 46.0 cm³/mol. The minimum absolute atomic E-state index is 0.246. The summed E-state index contributed by atoms with van der Waals surface area (Å²) in [4.78, 5) is 0. The number of nitrogens with one attached hydrogen (secondary N) is 1. The van der Waals surface area contributed by atoms with Gasteiger partial charge in [0.15, 0.2) is 0 Å². The van der Waals surface area contributed by atoms with Gasteiger partial charge in [-0.3, -0.25) is 0 Å². The normalized spacial score (nSPS) is 42.0. The molecule has 0 saturated carbocycles. The Labute approximate surface area is 73.1 Å². The zero-order chi connectivity index (χ0) is 8.55. The van der Waals surface area contributed by atoms with Crippen LogP contribution >= 0.6 is 0 Å². The third-order valence-corrected chi connectivity index (χ3v) is 2.78. The summed E-state index contributed by atoms with van der Waals surface area (Å²) in [5.74, 6) is 0. The molecule has 4 atom stereocenters. The first-order valence-electron chi connectivity index (χ1n) is 4.82. The Morgan fingerprint density at radius 2 is 2.42 bits per heavy atom. The van der Waals surface area contributed by atoms with E-state index in [1.54, 1.807) is 6.92 Å². The molecule has 2 aliphatic rings. The monoisotopic (exact) mass is 171 g/mol. The molecule has 2 heterocycles. The Morgan fingerprint density at radius 3 is 2.92 bits per heavy atom. The van der Waals surface area contributed by atoms with Gasteiger partial charge in [-0.25, -0.2) is 0 Å². The molecule has 0 aliphatic carbocycles. The number of ether oxygens (including phenoxy) is 1. The van der Waals surface area contributed by atoms with Gasteiger partial charge in [-0.1, -0.05) is 0 Å². The Bertz CT molecular complexity index is 161. The lowest BCUT2D eigenvalue weighted by Crippen LogP contribution is -2.40. The molecule has 3 nitrogen and oxygen atoms in total. The summed E-state index contributed by atoms with van der Waals surface area (Å²) in [5, 5.41) is 12.4. The maximum absolute atomic E-state index is 9.08. The van der Waals surface area contributed by atoms with Crippen LogP contribution in [0.1, 0.15) is 26.2 Å². The lowest BCUT2D eigenvalue weighted by atomic mass is 9.95. The second-order valence-corrected chi connectivity index (χ2v) is 3.97. The smallest absolute Gasteiger partial charge is 0.0733 e. The van der Waals surface area contributed by atoms with Crippen LogP contribution in [0, 0.1) is 0 Å². The summed E-state index contributed by atoms with van der Waals surface area (Å²) in [7, 11) is 0. The fourth-order valence-corrected chi connectivity index (χ4v) is 2.17. The zero-order valence-corrected chi connectivity index (χ0v) is 7.49. The van der Waals surface area contributed by atoms with Crippen molar-refractivity contribution in [1.29, 1.82) is 0 Å². The quantitative estimate of drug-likeness (QED) is 0.640. The van der Waals surface area contributed by atoms with Crippen LogP contribution in [0.2, 0.25) is 0 Å². The van der Waals surface area contributed by atoms with Crippen molar-refractivity contribution < 1.29 is 9.84 Å². The Kier molecular flexibility index (Phi) is 2.35. The van der Waals surface area contributed by atoms with Gasteiger partial charge >= 0.3 is 0 Å². The first-order chi connectivity index (χ1) is 5.75. The lowest BCUT2D eigenvalue weighted by Gasteiger charge is -2.20. The Balaban J connectivity index is 1.76. The van der Waals surface area contributed by atoms with Crippen molar-refractivity contribution in [2.75, 3.05) is 6.54 Å². The van der Waals surface area contributed by atoms with E-state index in [4.69, 9.17) is 9.84 Å². The highest BCUT2D eigenvalue weighted by Crippen LogP contribution is 2.34. The zero-order valence-electron chi connectivity index (χ0n) is 7.49. The Morgan fingerprint density at radius 1 is 1.58 bits per heavy atom. The van der Waals surface area contributed by atoms with Gasteiger partial charge in [0.05, 0.1) is 18.3 Å². The molecule has 2 saturated heterocycles. The molecular weight excluding hydrogens is 154 g/mol. The third kappa shape index (κ3) is 1.63. The van der Waals surface area contributed by atoms with Crippen molar-refractivity contribution in [3.8, 4) is 0 Å². The number of hydrogen-bond acceptors (Lipinski definition) is 3. The molecular formula is C9H17NO2. The first-order valence-corrected chi connectivity index (χ1v) is 4.82. The molecule has 2 N–H and O–H groups in total. The minimum Gasteiger partial charge on any atom is -0.392 e. The standard InChI is InChI=1S/C9H17NO2/c1-6(11)5-10-8-4-7-2-3-9(8)12-7/h6-11H,2-5H2,1H3/t6-,7?,8?,9?/m1/s1. The molecule has 2 rings (SSSR count). The molecule has 2 aliphatic heterocycles. The van der Waals surface area contributed by atoms with Gasteiger partial charge < -0.3 is 15.2 Å². The third-order valence-electron chi connectivity index (χ3n) is 2.78. The predicted octanol–water partition coefficient (Wildman–Crippen LogP) is 0.277. The van der Waals surface area contributed by atoms with E-state index < -0.39 is 0 Å². The SMILES string of the molecule is C[C@@H](O)CNC1CC2CCC1O2.